The molecular weight excluding hydrogens is 390 g/mol. The van der Waals surface area contributed by atoms with Gasteiger partial charge in [-0.3, -0.25) is 14.9 Å². The van der Waals surface area contributed by atoms with Gasteiger partial charge in [0.15, 0.2) is 5.16 Å². The van der Waals surface area contributed by atoms with Crippen LogP contribution in [0.4, 0.5) is 11.4 Å². The third-order valence-electron chi connectivity index (χ3n) is 4.57. The molecule has 3 aromatic rings. The predicted octanol–water partition coefficient (Wildman–Crippen LogP) is 3.84. The summed E-state index contributed by atoms with van der Waals surface area (Å²) in [6.45, 7) is 0.673. The number of aromatic nitrogens is 3. The third-order valence-corrected chi connectivity index (χ3v) is 5.53. The van der Waals surface area contributed by atoms with Crippen LogP contribution >= 0.6 is 11.8 Å². The van der Waals surface area contributed by atoms with Crippen LogP contribution in [0.3, 0.4) is 0 Å². The lowest BCUT2D eigenvalue weighted by molar-refractivity contribution is -0.384. The Bertz CT molecular complexity index is 1020. The highest BCUT2D eigenvalue weighted by Gasteiger charge is 2.30. The molecule has 2 aromatic carbocycles. The molecule has 1 fully saturated rings. The van der Waals surface area contributed by atoms with Crippen LogP contribution in [-0.4, -0.2) is 31.3 Å². The van der Waals surface area contributed by atoms with Crippen molar-refractivity contribution in [2.24, 2.45) is 0 Å². The van der Waals surface area contributed by atoms with Crippen molar-refractivity contribution in [1.82, 2.24) is 14.8 Å². The molecule has 0 unspecified atom stereocenters. The number of nitro benzene ring substituents is 1. The second-order valence-corrected chi connectivity index (χ2v) is 7.77. The van der Waals surface area contributed by atoms with Gasteiger partial charge in [-0.05, 0) is 30.5 Å². The molecule has 1 aromatic heterocycles. The average Bonchev–Trinajstić information content (AvgIpc) is 3.49. The van der Waals surface area contributed by atoms with Crippen molar-refractivity contribution in [2.45, 2.75) is 30.5 Å². The Balaban J connectivity index is 1.41. The molecule has 0 spiro atoms. The maximum absolute atomic E-state index is 12.3. The van der Waals surface area contributed by atoms with Crippen LogP contribution in [0.5, 0.6) is 0 Å². The molecule has 0 atom stereocenters. The van der Waals surface area contributed by atoms with E-state index in [0.29, 0.717) is 18.2 Å². The molecule has 29 heavy (non-hydrogen) atoms. The van der Waals surface area contributed by atoms with Gasteiger partial charge in [0.25, 0.3) is 5.69 Å². The minimum absolute atomic E-state index is 0.0148. The molecule has 0 bridgehead atoms. The number of non-ortho nitro benzene ring substituents is 1. The van der Waals surface area contributed by atoms with E-state index in [0.717, 1.165) is 29.4 Å². The van der Waals surface area contributed by atoms with Gasteiger partial charge in [0.1, 0.15) is 5.82 Å². The SMILES string of the molecule is O=C(CSc1nnc(C2CC2)n1Cc1ccccc1)Nc1ccc([N+](=O)[O-])cc1. The molecular formula is C20H19N5O3S. The zero-order valence-electron chi connectivity index (χ0n) is 15.5. The van der Waals surface area contributed by atoms with Crippen LogP contribution in [0.1, 0.15) is 30.1 Å². The first-order valence-electron chi connectivity index (χ1n) is 9.24. The number of thioether (sulfide) groups is 1. The number of carbonyl (C=O) groups is 1. The van der Waals surface area contributed by atoms with Gasteiger partial charge < -0.3 is 9.88 Å². The van der Waals surface area contributed by atoms with Crippen molar-refractivity contribution in [3.05, 3.63) is 76.1 Å². The summed E-state index contributed by atoms with van der Waals surface area (Å²) in [4.78, 5) is 22.5. The van der Waals surface area contributed by atoms with E-state index < -0.39 is 4.92 Å². The minimum Gasteiger partial charge on any atom is -0.325 e. The largest absolute Gasteiger partial charge is 0.325 e. The van der Waals surface area contributed by atoms with E-state index >= 15 is 0 Å². The first-order chi connectivity index (χ1) is 14.1. The van der Waals surface area contributed by atoms with Crippen LogP contribution in [-0.2, 0) is 11.3 Å². The average molecular weight is 409 g/mol. The van der Waals surface area contributed by atoms with Gasteiger partial charge in [-0.2, -0.15) is 0 Å². The van der Waals surface area contributed by atoms with E-state index in [1.54, 1.807) is 0 Å². The summed E-state index contributed by atoms with van der Waals surface area (Å²) in [5.41, 5.74) is 1.66. The van der Waals surface area contributed by atoms with Gasteiger partial charge in [-0.15, -0.1) is 10.2 Å². The smallest absolute Gasteiger partial charge is 0.269 e. The first-order valence-corrected chi connectivity index (χ1v) is 10.2. The standard InChI is InChI=1S/C20H19N5O3S/c26-18(21-16-8-10-17(11-9-16)25(27)28)13-29-20-23-22-19(15-6-7-15)24(20)12-14-4-2-1-3-5-14/h1-5,8-11,15H,6-7,12-13H2,(H,21,26). The maximum atomic E-state index is 12.3. The van der Waals surface area contributed by atoms with Crippen molar-refractivity contribution in [1.29, 1.82) is 0 Å². The van der Waals surface area contributed by atoms with E-state index in [4.69, 9.17) is 0 Å². The Morgan fingerprint density at radius 1 is 1.14 bits per heavy atom. The van der Waals surface area contributed by atoms with Gasteiger partial charge >= 0.3 is 0 Å². The number of nitrogens with zero attached hydrogens (tertiary/aromatic N) is 4. The summed E-state index contributed by atoms with van der Waals surface area (Å²) in [6, 6.07) is 15.9. The number of rotatable bonds is 8. The molecule has 4 rings (SSSR count). The number of nitrogens with one attached hydrogen (secondary N) is 1. The molecule has 0 saturated heterocycles. The summed E-state index contributed by atoms with van der Waals surface area (Å²) in [6.07, 6.45) is 2.25. The molecule has 1 aliphatic rings. The first kappa shape index (κ1) is 19.1. The number of benzene rings is 2. The summed E-state index contributed by atoms with van der Waals surface area (Å²) in [7, 11) is 0. The molecule has 0 radical (unpaired) electrons. The lowest BCUT2D eigenvalue weighted by Gasteiger charge is -2.10. The van der Waals surface area contributed by atoms with Gasteiger partial charge in [-0.25, -0.2) is 0 Å². The Hall–Kier alpha value is -3.20. The van der Waals surface area contributed by atoms with Crippen molar-refractivity contribution >= 4 is 29.0 Å². The highest BCUT2D eigenvalue weighted by molar-refractivity contribution is 7.99. The number of nitro groups is 1. The van der Waals surface area contributed by atoms with Gasteiger partial charge in [0.05, 0.1) is 17.2 Å². The molecule has 1 N–H and O–H groups in total. The fraction of sp³-hybridized carbons (Fsp3) is 0.250. The lowest BCUT2D eigenvalue weighted by atomic mass is 10.2. The Morgan fingerprint density at radius 3 is 2.52 bits per heavy atom. The molecule has 148 valence electrons. The topological polar surface area (TPSA) is 103 Å². The normalized spacial score (nSPS) is 13.2. The molecule has 9 heteroatoms. The quantitative estimate of drug-likeness (QED) is 0.344. The van der Waals surface area contributed by atoms with Crippen LogP contribution < -0.4 is 5.32 Å². The van der Waals surface area contributed by atoms with Crippen LogP contribution in [0, 0.1) is 10.1 Å². The maximum Gasteiger partial charge on any atom is 0.269 e. The summed E-state index contributed by atoms with van der Waals surface area (Å²) in [5.74, 6) is 1.40. The second kappa shape index (κ2) is 8.44. The van der Waals surface area contributed by atoms with Crippen molar-refractivity contribution < 1.29 is 9.72 Å². The fourth-order valence-electron chi connectivity index (χ4n) is 2.96. The number of hydrogen-bond donors (Lipinski definition) is 1. The number of anilines is 1. The molecule has 1 aliphatic carbocycles. The molecule has 8 nitrogen and oxygen atoms in total. The Labute approximate surface area is 171 Å². The third kappa shape index (κ3) is 4.80. The van der Waals surface area contributed by atoms with Crippen molar-refractivity contribution in [3.8, 4) is 0 Å². The predicted molar refractivity (Wildman–Crippen MR) is 110 cm³/mol. The highest BCUT2D eigenvalue weighted by atomic mass is 32.2. The zero-order chi connectivity index (χ0) is 20.2. The number of carbonyl (C=O) groups excluding carboxylic acids is 1. The van der Waals surface area contributed by atoms with Crippen molar-refractivity contribution in [3.63, 3.8) is 0 Å². The minimum atomic E-state index is -0.474. The lowest BCUT2D eigenvalue weighted by Crippen LogP contribution is -2.15. The van der Waals surface area contributed by atoms with E-state index in [2.05, 4.69) is 32.2 Å². The van der Waals surface area contributed by atoms with E-state index in [1.165, 1.54) is 36.0 Å². The molecule has 1 amide bonds. The van der Waals surface area contributed by atoms with Crippen LogP contribution in [0.15, 0.2) is 59.8 Å². The highest BCUT2D eigenvalue weighted by Crippen LogP contribution is 2.40. The molecule has 1 heterocycles. The fourth-order valence-corrected chi connectivity index (χ4v) is 3.70. The summed E-state index contributed by atoms with van der Waals surface area (Å²) >= 11 is 1.34. The second-order valence-electron chi connectivity index (χ2n) is 6.83. The van der Waals surface area contributed by atoms with Crippen LogP contribution in [0.25, 0.3) is 0 Å². The Kier molecular flexibility index (Phi) is 5.57. The number of amides is 1. The van der Waals surface area contributed by atoms with Gasteiger partial charge in [-0.1, -0.05) is 42.1 Å². The van der Waals surface area contributed by atoms with Gasteiger partial charge in [0.2, 0.25) is 5.91 Å². The van der Waals surface area contributed by atoms with E-state index in [1.807, 2.05) is 18.2 Å². The van der Waals surface area contributed by atoms with E-state index in [9.17, 15) is 14.9 Å². The van der Waals surface area contributed by atoms with Crippen LogP contribution in [0.2, 0.25) is 0 Å². The van der Waals surface area contributed by atoms with E-state index in [-0.39, 0.29) is 17.3 Å². The van der Waals surface area contributed by atoms with Crippen molar-refractivity contribution in [2.75, 3.05) is 11.1 Å². The summed E-state index contributed by atoms with van der Waals surface area (Å²) < 4.78 is 2.09. The monoisotopic (exact) mass is 409 g/mol. The molecule has 0 aliphatic heterocycles. The molecule has 1 saturated carbocycles. The number of hydrogen-bond acceptors (Lipinski definition) is 6. The zero-order valence-corrected chi connectivity index (χ0v) is 16.3. The summed E-state index contributed by atoms with van der Waals surface area (Å²) in [5, 5.41) is 22.8. The Morgan fingerprint density at radius 2 is 1.86 bits per heavy atom. The van der Waals surface area contributed by atoms with Gasteiger partial charge in [0, 0.05) is 23.7 Å².